The molecule has 3 aromatic rings. The topological polar surface area (TPSA) is 108 Å². The van der Waals surface area contributed by atoms with Crippen LogP contribution in [0.2, 0.25) is 0 Å². The van der Waals surface area contributed by atoms with E-state index in [0.29, 0.717) is 33.9 Å². The van der Waals surface area contributed by atoms with Gasteiger partial charge in [-0.1, -0.05) is 24.3 Å². The van der Waals surface area contributed by atoms with Crippen molar-refractivity contribution in [1.29, 1.82) is 0 Å². The lowest BCUT2D eigenvalue weighted by Gasteiger charge is -2.20. The monoisotopic (exact) mass is 476 g/mol. The van der Waals surface area contributed by atoms with E-state index in [1.807, 2.05) is 0 Å². The number of carbonyl (C=O) groups is 1. The van der Waals surface area contributed by atoms with Crippen molar-refractivity contribution in [2.45, 2.75) is 13.3 Å². The minimum Gasteiger partial charge on any atom is -0.406 e. The Morgan fingerprint density at radius 1 is 1.03 bits per heavy atom. The van der Waals surface area contributed by atoms with Gasteiger partial charge in [-0.2, -0.15) is 0 Å². The number of amides is 1. The fraction of sp³-hybridized carbons (Fsp3) is 0.261. The first kappa shape index (κ1) is 24.9. The molecule has 0 saturated heterocycles. The van der Waals surface area contributed by atoms with E-state index >= 15 is 0 Å². The number of anilines is 2. The van der Waals surface area contributed by atoms with E-state index < -0.39 is 12.3 Å². The molecule has 0 saturated carbocycles. The summed E-state index contributed by atoms with van der Waals surface area (Å²) in [4.78, 5) is 22.8. The second kappa shape index (κ2) is 10.9. The van der Waals surface area contributed by atoms with Gasteiger partial charge in [0.1, 0.15) is 5.75 Å². The van der Waals surface area contributed by atoms with Crippen LogP contribution in [0.5, 0.6) is 5.75 Å². The number of aliphatic hydroxyl groups excluding tert-OH is 2. The fourth-order valence-corrected chi connectivity index (χ4v) is 3.33. The molecule has 1 amide bonds. The van der Waals surface area contributed by atoms with Gasteiger partial charge in [-0.25, -0.2) is 9.97 Å². The van der Waals surface area contributed by atoms with Gasteiger partial charge in [0, 0.05) is 18.7 Å². The third kappa shape index (κ3) is 6.42. The molecule has 0 atom stereocenters. The van der Waals surface area contributed by atoms with E-state index in [1.54, 1.807) is 30.0 Å². The normalized spacial score (nSPS) is 11.2. The van der Waals surface area contributed by atoms with Crippen molar-refractivity contribution >= 4 is 17.5 Å². The smallest absolute Gasteiger partial charge is 0.406 e. The zero-order valence-corrected chi connectivity index (χ0v) is 18.2. The van der Waals surface area contributed by atoms with Gasteiger partial charge < -0.3 is 25.2 Å². The highest BCUT2D eigenvalue weighted by molar-refractivity contribution is 6.06. The number of ether oxygens (including phenoxy) is 1. The number of rotatable bonds is 9. The van der Waals surface area contributed by atoms with Crippen LogP contribution in [0.15, 0.2) is 54.9 Å². The van der Waals surface area contributed by atoms with Crippen LogP contribution in [0.25, 0.3) is 11.1 Å². The van der Waals surface area contributed by atoms with Crippen LogP contribution in [0, 0.1) is 6.92 Å². The summed E-state index contributed by atoms with van der Waals surface area (Å²) in [5, 5.41) is 21.0. The van der Waals surface area contributed by atoms with Gasteiger partial charge in [0.05, 0.1) is 31.3 Å². The summed E-state index contributed by atoms with van der Waals surface area (Å²) in [6.45, 7) is 1.99. The standard InChI is InChI=1S/C23H23F3N4O4/c1-15-19(16-5-7-18(8-6-16)34-23(24,25)26)3-2-4-20(15)21(33)29-17-13-27-22(28-14-17)30(9-11-31)10-12-32/h2-8,13-14,31-32H,9-12H2,1H3,(H,29,33). The first-order valence-corrected chi connectivity index (χ1v) is 10.3. The van der Waals surface area contributed by atoms with Crippen molar-refractivity contribution in [3.63, 3.8) is 0 Å². The van der Waals surface area contributed by atoms with E-state index in [4.69, 9.17) is 10.2 Å². The van der Waals surface area contributed by atoms with E-state index in [1.165, 1.54) is 36.7 Å². The highest BCUT2D eigenvalue weighted by Crippen LogP contribution is 2.29. The van der Waals surface area contributed by atoms with E-state index in [2.05, 4.69) is 20.0 Å². The van der Waals surface area contributed by atoms with Crippen LogP contribution in [0.3, 0.4) is 0 Å². The highest BCUT2D eigenvalue weighted by atomic mass is 19.4. The summed E-state index contributed by atoms with van der Waals surface area (Å²) in [7, 11) is 0. The Balaban J connectivity index is 1.76. The number of alkyl halides is 3. The highest BCUT2D eigenvalue weighted by Gasteiger charge is 2.31. The van der Waals surface area contributed by atoms with Crippen LogP contribution in [-0.2, 0) is 0 Å². The predicted octanol–water partition coefficient (Wildman–Crippen LogP) is 3.39. The molecule has 0 aliphatic carbocycles. The largest absolute Gasteiger partial charge is 0.573 e. The summed E-state index contributed by atoms with van der Waals surface area (Å²) in [6.07, 6.45) is -1.94. The van der Waals surface area contributed by atoms with Gasteiger partial charge in [-0.15, -0.1) is 13.2 Å². The minimum absolute atomic E-state index is 0.129. The summed E-state index contributed by atoms with van der Waals surface area (Å²) < 4.78 is 41.0. The molecule has 2 aromatic carbocycles. The van der Waals surface area contributed by atoms with Gasteiger partial charge in [0.2, 0.25) is 5.95 Å². The van der Waals surface area contributed by atoms with Gasteiger partial charge >= 0.3 is 6.36 Å². The van der Waals surface area contributed by atoms with E-state index in [9.17, 15) is 18.0 Å². The molecule has 3 rings (SSSR count). The Labute approximate surface area is 193 Å². The molecule has 1 heterocycles. The molecule has 180 valence electrons. The first-order valence-electron chi connectivity index (χ1n) is 10.3. The molecule has 11 heteroatoms. The van der Waals surface area contributed by atoms with Crippen LogP contribution in [0.1, 0.15) is 15.9 Å². The molecule has 1 aromatic heterocycles. The third-order valence-corrected chi connectivity index (χ3v) is 4.90. The van der Waals surface area contributed by atoms with Gasteiger partial charge in [0.25, 0.3) is 5.91 Å². The molecule has 0 radical (unpaired) electrons. The lowest BCUT2D eigenvalue weighted by atomic mass is 9.96. The quantitative estimate of drug-likeness (QED) is 0.435. The molecular formula is C23H23F3N4O4. The second-order valence-electron chi connectivity index (χ2n) is 7.21. The Morgan fingerprint density at radius 3 is 2.21 bits per heavy atom. The molecule has 0 spiro atoms. The Morgan fingerprint density at radius 2 is 1.65 bits per heavy atom. The molecular weight excluding hydrogens is 453 g/mol. The number of hydrogen-bond donors (Lipinski definition) is 3. The van der Waals surface area contributed by atoms with E-state index in [0.717, 1.165) is 0 Å². The summed E-state index contributed by atoms with van der Waals surface area (Å²) in [5.74, 6) is -0.435. The van der Waals surface area contributed by atoms with Crippen LogP contribution in [-0.4, -0.2) is 58.8 Å². The number of hydrogen-bond acceptors (Lipinski definition) is 7. The molecule has 34 heavy (non-hydrogen) atoms. The predicted molar refractivity (Wildman–Crippen MR) is 120 cm³/mol. The van der Waals surface area contributed by atoms with Crippen molar-refractivity contribution in [1.82, 2.24) is 9.97 Å². The Bertz CT molecular complexity index is 1100. The van der Waals surface area contributed by atoms with Crippen LogP contribution < -0.4 is 15.0 Å². The lowest BCUT2D eigenvalue weighted by Crippen LogP contribution is -2.31. The van der Waals surface area contributed by atoms with Crippen molar-refractivity contribution in [3.05, 3.63) is 66.0 Å². The molecule has 0 aliphatic heterocycles. The molecule has 0 aliphatic rings. The van der Waals surface area contributed by atoms with Crippen molar-refractivity contribution in [2.24, 2.45) is 0 Å². The van der Waals surface area contributed by atoms with Gasteiger partial charge in [0.15, 0.2) is 0 Å². The van der Waals surface area contributed by atoms with Gasteiger partial charge in [-0.05, 0) is 41.8 Å². The molecule has 0 bridgehead atoms. The average molecular weight is 476 g/mol. The maximum atomic E-state index is 12.9. The maximum Gasteiger partial charge on any atom is 0.573 e. The number of nitrogens with zero attached hydrogens (tertiary/aromatic N) is 3. The molecule has 3 N–H and O–H groups in total. The Kier molecular flexibility index (Phi) is 8.03. The summed E-state index contributed by atoms with van der Waals surface area (Å²) in [6, 6.07) is 10.5. The number of halogens is 3. The Hall–Kier alpha value is -3.70. The van der Waals surface area contributed by atoms with E-state index in [-0.39, 0.29) is 32.1 Å². The fourth-order valence-electron chi connectivity index (χ4n) is 3.33. The van der Waals surface area contributed by atoms with Crippen LogP contribution >= 0.6 is 0 Å². The SMILES string of the molecule is Cc1c(C(=O)Nc2cnc(N(CCO)CCO)nc2)cccc1-c1ccc(OC(F)(F)F)cc1. The first-order chi connectivity index (χ1) is 16.2. The second-order valence-corrected chi connectivity index (χ2v) is 7.21. The zero-order valence-electron chi connectivity index (χ0n) is 18.2. The van der Waals surface area contributed by atoms with Crippen LogP contribution in [0.4, 0.5) is 24.8 Å². The van der Waals surface area contributed by atoms with Gasteiger partial charge in [-0.3, -0.25) is 4.79 Å². The van der Waals surface area contributed by atoms with Crippen molar-refractivity contribution in [2.75, 3.05) is 36.5 Å². The zero-order chi connectivity index (χ0) is 24.7. The molecule has 8 nitrogen and oxygen atoms in total. The van der Waals surface area contributed by atoms with Crippen molar-refractivity contribution in [3.8, 4) is 16.9 Å². The van der Waals surface area contributed by atoms with Crippen molar-refractivity contribution < 1.29 is 32.9 Å². The third-order valence-electron chi connectivity index (χ3n) is 4.90. The molecule has 0 unspecified atom stereocenters. The number of aliphatic hydroxyl groups is 2. The minimum atomic E-state index is -4.77. The number of benzene rings is 2. The number of nitrogens with one attached hydrogen (secondary N) is 1. The number of carbonyl (C=O) groups excluding carboxylic acids is 1. The number of aromatic nitrogens is 2. The molecule has 0 fully saturated rings. The lowest BCUT2D eigenvalue weighted by molar-refractivity contribution is -0.274. The average Bonchev–Trinajstić information content (AvgIpc) is 2.79. The summed E-state index contributed by atoms with van der Waals surface area (Å²) in [5.41, 5.74) is 2.67. The summed E-state index contributed by atoms with van der Waals surface area (Å²) >= 11 is 0. The maximum absolute atomic E-state index is 12.9.